The molecule has 0 saturated carbocycles. The van der Waals surface area contributed by atoms with Crippen molar-refractivity contribution in [2.75, 3.05) is 10.6 Å². The summed E-state index contributed by atoms with van der Waals surface area (Å²) in [5.74, 6) is 0.0346. The number of rotatable bonds is 7. The van der Waals surface area contributed by atoms with E-state index in [0.717, 1.165) is 16.0 Å². The molecular formula is C27H22ClN3O2S. The van der Waals surface area contributed by atoms with Crippen molar-refractivity contribution in [3.05, 3.63) is 119 Å². The molecule has 0 spiro atoms. The van der Waals surface area contributed by atoms with Gasteiger partial charge < -0.3 is 10.6 Å². The summed E-state index contributed by atoms with van der Waals surface area (Å²) in [7, 11) is 0. The minimum absolute atomic E-state index is 0.183. The first-order valence-corrected chi connectivity index (χ1v) is 11.9. The van der Waals surface area contributed by atoms with E-state index in [1.807, 2.05) is 79.7 Å². The summed E-state index contributed by atoms with van der Waals surface area (Å²) in [6.45, 7) is 1.95. The van der Waals surface area contributed by atoms with Crippen molar-refractivity contribution in [2.24, 2.45) is 0 Å². The monoisotopic (exact) mass is 487 g/mol. The lowest BCUT2D eigenvalue weighted by atomic mass is 10.1. The summed E-state index contributed by atoms with van der Waals surface area (Å²) in [5.41, 5.74) is 3.12. The van der Waals surface area contributed by atoms with Crippen LogP contribution in [-0.2, 0) is 4.79 Å². The number of hydrogen-bond donors (Lipinski definition) is 2. The molecule has 0 fully saturated rings. The summed E-state index contributed by atoms with van der Waals surface area (Å²) in [5, 5.41) is 5.77. The fourth-order valence-corrected chi connectivity index (χ4v) is 4.51. The molecule has 2 amide bonds. The lowest BCUT2D eigenvalue weighted by Gasteiger charge is -2.17. The van der Waals surface area contributed by atoms with Crippen molar-refractivity contribution < 1.29 is 9.59 Å². The number of hydrogen-bond acceptors (Lipinski definition) is 4. The molecule has 1 heterocycles. The van der Waals surface area contributed by atoms with Crippen LogP contribution in [0.3, 0.4) is 0 Å². The molecule has 34 heavy (non-hydrogen) atoms. The molecular weight excluding hydrogens is 466 g/mol. The number of carbonyl (C=O) groups is 2. The van der Waals surface area contributed by atoms with E-state index in [1.165, 1.54) is 18.0 Å². The van der Waals surface area contributed by atoms with E-state index in [0.29, 0.717) is 22.1 Å². The third kappa shape index (κ3) is 6.25. The second-order valence-corrected chi connectivity index (χ2v) is 9.23. The van der Waals surface area contributed by atoms with Gasteiger partial charge in [-0.15, -0.1) is 11.8 Å². The highest BCUT2D eigenvalue weighted by atomic mass is 35.5. The number of pyridine rings is 1. The van der Waals surface area contributed by atoms with Crippen LogP contribution in [-0.4, -0.2) is 16.8 Å². The van der Waals surface area contributed by atoms with E-state index in [1.54, 1.807) is 18.2 Å². The summed E-state index contributed by atoms with van der Waals surface area (Å²) < 4.78 is 0. The highest BCUT2D eigenvalue weighted by Gasteiger charge is 2.23. The SMILES string of the molecule is Cc1cccc(C(=O)Nc2cccc(SC(C(=O)Nc3ccc(Cl)cn3)c3ccccc3)c2)c1. The van der Waals surface area contributed by atoms with Gasteiger partial charge in [0, 0.05) is 22.3 Å². The van der Waals surface area contributed by atoms with Gasteiger partial charge in [-0.25, -0.2) is 4.98 Å². The van der Waals surface area contributed by atoms with E-state index in [4.69, 9.17) is 11.6 Å². The minimum Gasteiger partial charge on any atom is -0.322 e. The molecule has 7 heteroatoms. The van der Waals surface area contributed by atoms with Gasteiger partial charge in [0.15, 0.2) is 0 Å². The Morgan fingerprint density at radius 3 is 2.41 bits per heavy atom. The van der Waals surface area contributed by atoms with Crippen LogP contribution in [0.1, 0.15) is 26.7 Å². The maximum Gasteiger partial charge on any atom is 0.255 e. The van der Waals surface area contributed by atoms with Crippen LogP contribution in [0.25, 0.3) is 0 Å². The number of anilines is 2. The summed E-state index contributed by atoms with van der Waals surface area (Å²) >= 11 is 7.30. The Morgan fingerprint density at radius 1 is 0.882 bits per heavy atom. The van der Waals surface area contributed by atoms with Crippen LogP contribution in [0.15, 0.2) is 102 Å². The van der Waals surface area contributed by atoms with Crippen molar-refractivity contribution in [1.29, 1.82) is 0 Å². The maximum atomic E-state index is 13.2. The first-order valence-electron chi connectivity index (χ1n) is 10.6. The van der Waals surface area contributed by atoms with E-state index >= 15 is 0 Å². The van der Waals surface area contributed by atoms with Gasteiger partial charge >= 0.3 is 0 Å². The fourth-order valence-electron chi connectivity index (χ4n) is 3.32. The van der Waals surface area contributed by atoms with Crippen LogP contribution in [0.2, 0.25) is 5.02 Å². The second-order valence-electron chi connectivity index (χ2n) is 7.61. The third-order valence-electron chi connectivity index (χ3n) is 4.95. The van der Waals surface area contributed by atoms with E-state index in [9.17, 15) is 9.59 Å². The fraction of sp³-hybridized carbons (Fsp3) is 0.0741. The summed E-state index contributed by atoms with van der Waals surface area (Å²) in [6, 6.07) is 27.7. The van der Waals surface area contributed by atoms with Crippen molar-refractivity contribution in [3.63, 3.8) is 0 Å². The van der Waals surface area contributed by atoms with E-state index in [2.05, 4.69) is 15.6 Å². The molecule has 170 valence electrons. The zero-order chi connectivity index (χ0) is 23.9. The number of thioether (sulfide) groups is 1. The van der Waals surface area contributed by atoms with Gasteiger partial charge in [-0.1, -0.05) is 65.7 Å². The average Bonchev–Trinajstić information content (AvgIpc) is 2.84. The van der Waals surface area contributed by atoms with Gasteiger partial charge in [0.05, 0.1) is 5.02 Å². The van der Waals surface area contributed by atoms with Gasteiger partial charge in [-0.05, 0) is 55.0 Å². The predicted octanol–water partition coefficient (Wildman–Crippen LogP) is 6.77. The van der Waals surface area contributed by atoms with E-state index < -0.39 is 5.25 Å². The standard InChI is InChI=1S/C27H22ClN3O2S/c1-18-7-5-10-20(15-18)26(32)30-22-11-6-12-23(16-22)34-25(19-8-3-2-4-9-19)27(33)31-24-14-13-21(28)17-29-24/h2-17,25H,1H3,(H,30,32)(H,29,31,33). The molecule has 1 unspecified atom stereocenters. The molecule has 4 rings (SSSR count). The second kappa shape index (κ2) is 11.0. The predicted molar refractivity (Wildman–Crippen MR) is 138 cm³/mol. The quantitative estimate of drug-likeness (QED) is 0.282. The molecule has 5 nitrogen and oxygen atoms in total. The number of halogens is 1. The maximum absolute atomic E-state index is 13.2. The minimum atomic E-state index is -0.526. The first-order chi connectivity index (χ1) is 16.5. The van der Waals surface area contributed by atoms with Gasteiger partial charge in [0.1, 0.15) is 11.1 Å². The molecule has 2 N–H and O–H groups in total. The van der Waals surface area contributed by atoms with E-state index in [-0.39, 0.29) is 11.8 Å². The van der Waals surface area contributed by atoms with Gasteiger partial charge in [-0.3, -0.25) is 9.59 Å². The van der Waals surface area contributed by atoms with Crippen molar-refractivity contribution in [2.45, 2.75) is 17.1 Å². The number of aromatic nitrogens is 1. The number of aryl methyl sites for hydroxylation is 1. The molecule has 0 bridgehead atoms. The number of nitrogens with zero attached hydrogens (tertiary/aromatic N) is 1. The number of nitrogens with one attached hydrogen (secondary N) is 2. The van der Waals surface area contributed by atoms with Gasteiger partial charge in [0.2, 0.25) is 5.91 Å². The molecule has 0 saturated heterocycles. The van der Waals surface area contributed by atoms with Gasteiger partial charge in [0.25, 0.3) is 5.91 Å². The lowest BCUT2D eigenvalue weighted by molar-refractivity contribution is -0.115. The Hall–Kier alpha value is -3.61. The summed E-state index contributed by atoms with van der Waals surface area (Å²) in [6.07, 6.45) is 1.49. The largest absolute Gasteiger partial charge is 0.322 e. The summed E-state index contributed by atoms with van der Waals surface area (Å²) in [4.78, 5) is 30.9. The molecule has 0 aliphatic carbocycles. The lowest BCUT2D eigenvalue weighted by Crippen LogP contribution is -2.19. The van der Waals surface area contributed by atoms with Crippen LogP contribution >= 0.6 is 23.4 Å². The highest BCUT2D eigenvalue weighted by molar-refractivity contribution is 8.00. The highest BCUT2D eigenvalue weighted by Crippen LogP contribution is 2.37. The Balaban J connectivity index is 1.53. The van der Waals surface area contributed by atoms with Crippen molar-refractivity contribution in [1.82, 2.24) is 4.98 Å². The molecule has 0 aliphatic heterocycles. The van der Waals surface area contributed by atoms with Crippen LogP contribution in [0.4, 0.5) is 11.5 Å². The van der Waals surface area contributed by atoms with Crippen molar-refractivity contribution >= 4 is 46.7 Å². The van der Waals surface area contributed by atoms with Crippen LogP contribution in [0, 0.1) is 6.92 Å². The zero-order valence-corrected chi connectivity index (χ0v) is 19.9. The molecule has 1 atom stereocenters. The smallest absolute Gasteiger partial charge is 0.255 e. The molecule has 0 radical (unpaired) electrons. The Kier molecular flexibility index (Phi) is 7.62. The molecule has 4 aromatic rings. The van der Waals surface area contributed by atoms with Gasteiger partial charge in [-0.2, -0.15) is 0 Å². The average molecular weight is 488 g/mol. The van der Waals surface area contributed by atoms with Crippen LogP contribution < -0.4 is 10.6 Å². The van der Waals surface area contributed by atoms with Crippen molar-refractivity contribution in [3.8, 4) is 0 Å². The molecule has 1 aromatic heterocycles. The Bertz CT molecular complexity index is 1300. The number of benzene rings is 3. The number of carbonyl (C=O) groups excluding carboxylic acids is 2. The number of amides is 2. The first kappa shape index (κ1) is 23.5. The third-order valence-corrected chi connectivity index (χ3v) is 6.42. The Morgan fingerprint density at radius 2 is 1.68 bits per heavy atom. The Labute approximate surface area is 207 Å². The topological polar surface area (TPSA) is 71.1 Å². The molecule has 3 aromatic carbocycles. The van der Waals surface area contributed by atoms with Crippen LogP contribution in [0.5, 0.6) is 0 Å². The zero-order valence-electron chi connectivity index (χ0n) is 18.4. The normalized spacial score (nSPS) is 11.5. The molecule has 0 aliphatic rings.